The van der Waals surface area contributed by atoms with Gasteiger partial charge >= 0.3 is 5.97 Å². The Morgan fingerprint density at radius 3 is 2.92 bits per heavy atom. The SMILES string of the molecule is C=Cc1ccc(OC(=O)CC)cn1. The minimum absolute atomic E-state index is 0.256. The molecule has 3 heteroatoms. The number of esters is 1. The molecule has 0 spiro atoms. The first-order chi connectivity index (χ1) is 6.26. The van der Waals surface area contributed by atoms with E-state index in [2.05, 4.69) is 11.6 Å². The Morgan fingerprint density at radius 1 is 1.69 bits per heavy atom. The van der Waals surface area contributed by atoms with E-state index in [1.54, 1.807) is 25.1 Å². The maximum atomic E-state index is 10.9. The van der Waals surface area contributed by atoms with Crippen LogP contribution in [0.5, 0.6) is 5.75 Å². The zero-order valence-electron chi connectivity index (χ0n) is 7.49. The van der Waals surface area contributed by atoms with Crippen molar-refractivity contribution in [2.45, 2.75) is 13.3 Å². The third-order valence-corrected chi connectivity index (χ3v) is 1.49. The van der Waals surface area contributed by atoms with Crippen LogP contribution in [0, 0.1) is 0 Å². The Hall–Kier alpha value is -1.64. The van der Waals surface area contributed by atoms with Crippen molar-refractivity contribution in [1.82, 2.24) is 4.98 Å². The molecule has 0 unspecified atom stereocenters. The summed E-state index contributed by atoms with van der Waals surface area (Å²) in [4.78, 5) is 14.9. The van der Waals surface area contributed by atoms with Gasteiger partial charge in [-0.3, -0.25) is 9.78 Å². The second kappa shape index (κ2) is 4.40. The van der Waals surface area contributed by atoms with Crippen LogP contribution in [-0.2, 0) is 4.79 Å². The Morgan fingerprint density at radius 2 is 2.46 bits per heavy atom. The number of hydrogen-bond donors (Lipinski definition) is 0. The molecule has 1 rings (SSSR count). The van der Waals surface area contributed by atoms with Crippen molar-refractivity contribution < 1.29 is 9.53 Å². The topological polar surface area (TPSA) is 39.2 Å². The van der Waals surface area contributed by atoms with Gasteiger partial charge in [-0.2, -0.15) is 0 Å². The van der Waals surface area contributed by atoms with Crippen LogP contribution >= 0.6 is 0 Å². The molecule has 0 saturated heterocycles. The number of aromatic nitrogens is 1. The van der Waals surface area contributed by atoms with Crippen molar-refractivity contribution >= 4 is 12.0 Å². The van der Waals surface area contributed by atoms with Gasteiger partial charge in [-0.15, -0.1) is 0 Å². The van der Waals surface area contributed by atoms with Crippen LogP contribution in [-0.4, -0.2) is 11.0 Å². The average Bonchev–Trinajstić information content (AvgIpc) is 2.19. The first-order valence-electron chi connectivity index (χ1n) is 4.05. The van der Waals surface area contributed by atoms with Gasteiger partial charge in [-0.1, -0.05) is 13.5 Å². The molecule has 0 fully saturated rings. The van der Waals surface area contributed by atoms with Crippen molar-refractivity contribution in [3.63, 3.8) is 0 Å². The molecule has 0 aliphatic carbocycles. The molecular weight excluding hydrogens is 166 g/mol. The lowest BCUT2D eigenvalue weighted by atomic mass is 10.3. The molecule has 68 valence electrons. The summed E-state index contributed by atoms with van der Waals surface area (Å²) in [6, 6.07) is 3.43. The van der Waals surface area contributed by atoms with E-state index in [0.717, 1.165) is 5.69 Å². The van der Waals surface area contributed by atoms with Gasteiger partial charge in [0.05, 0.1) is 11.9 Å². The Balaban J connectivity index is 2.69. The second-order valence-corrected chi connectivity index (χ2v) is 2.45. The molecule has 0 saturated carbocycles. The van der Waals surface area contributed by atoms with Gasteiger partial charge in [0, 0.05) is 6.42 Å². The molecule has 1 aromatic heterocycles. The highest BCUT2D eigenvalue weighted by Crippen LogP contribution is 2.10. The Bertz CT molecular complexity index is 303. The van der Waals surface area contributed by atoms with E-state index in [9.17, 15) is 4.79 Å². The monoisotopic (exact) mass is 177 g/mol. The van der Waals surface area contributed by atoms with E-state index in [1.807, 2.05) is 0 Å². The van der Waals surface area contributed by atoms with Crippen LogP contribution in [0.2, 0.25) is 0 Å². The van der Waals surface area contributed by atoms with Gasteiger partial charge in [0.1, 0.15) is 5.75 Å². The highest BCUT2D eigenvalue weighted by atomic mass is 16.5. The first-order valence-corrected chi connectivity index (χ1v) is 4.05. The summed E-state index contributed by atoms with van der Waals surface area (Å²) in [5.41, 5.74) is 0.760. The highest BCUT2D eigenvalue weighted by Gasteiger charge is 2.00. The van der Waals surface area contributed by atoms with Crippen LogP contribution in [0.15, 0.2) is 24.9 Å². The minimum atomic E-state index is -0.256. The lowest BCUT2D eigenvalue weighted by Gasteiger charge is -2.01. The molecule has 0 amide bonds. The Kier molecular flexibility index (Phi) is 3.20. The van der Waals surface area contributed by atoms with Crippen LogP contribution in [0.4, 0.5) is 0 Å². The van der Waals surface area contributed by atoms with Gasteiger partial charge in [-0.05, 0) is 18.2 Å². The zero-order valence-corrected chi connectivity index (χ0v) is 7.49. The summed E-state index contributed by atoms with van der Waals surface area (Å²) in [6.07, 6.45) is 3.50. The van der Waals surface area contributed by atoms with E-state index >= 15 is 0 Å². The molecule has 0 atom stereocenters. The first kappa shape index (κ1) is 9.45. The van der Waals surface area contributed by atoms with Crippen molar-refractivity contribution in [1.29, 1.82) is 0 Å². The number of pyridine rings is 1. The number of carbonyl (C=O) groups is 1. The molecule has 0 aromatic carbocycles. The molecule has 1 aromatic rings. The van der Waals surface area contributed by atoms with Crippen molar-refractivity contribution in [3.8, 4) is 5.75 Å². The summed E-state index contributed by atoms with van der Waals surface area (Å²) in [5.74, 6) is 0.214. The second-order valence-electron chi connectivity index (χ2n) is 2.45. The normalized spacial score (nSPS) is 9.31. The summed E-state index contributed by atoms with van der Waals surface area (Å²) in [7, 11) is 0. The van der Waals surface area contributed by atoms with Crippen molar-refractivity contribution in [3.05, 3.63) is 30.6 Å². The van der Waals surface area contributed by atoms with Crippen LogP contribution in [0.1, 0.15) is 19.0 Å². The van der Waals surface area contributed by atoms with E-state index in [-0.39, 0.29) is 5.97 Å². The lowest BCUT2D eigenvalue weighted by Crippen LogP contribution is -2.05. The third kappa shape index (κ3) is 2.71. The number of carbonyl (C=O) groups excluding carboxylic acids is 1. The quantitative estimate of drug-likeness (QED) is 0.663. The van der Waals surface area contributed by atoms with Gasteiger partial charge in [0.25, 0.3) is 0 Å². The van der Waals surface area contributed by atoms with Gasteiger partial charge in [-0.25, -0.2) is 0 Å². The fourth-order valence-electron chi connectivity index (χ4n) is 0.776. The maximum absolute atomic E-state index is 10.9. The smallest absolute Gasteiger partial charge is 0.310 e. The summed E-state index contributed by atoms with van der Waals surface area (Å²) in [5, 5.41) is 0. The standard InChI is InChI=1S/C10H11NO2/c1-3-8-5-6-9(7-11-8)13-10(12)4-2/h3,5-7H,1,4H2,2H3. The van der Waals surface area contributed by atoms with Crippen LogP contribution in [0.25, 0.3) is 6.08 Å². The molecule has 0 N–H and O–H groups in total. The van der Waals surface area contributed by atoms with E-state index in [0.29, 0.717) is 12.2 Å². The zero-order chi connectivity index (χ0) is 9.68. The van der Waals surface area contributed by atoms with Crippen molar-refractivity contribution in [2.24, 2.45) is 0 Å². The van der Waals surface area contributed by atoms with E-state index in [4.69, 9.17) is 4.74 Å². The van der Waals surface area contributed by atoms with E-state index in [1.165, 1.54) is 6.20 Å². The molecule has 0 aliphatic rings. The summed E-state index contributed by atoms with van der Waals surface area (Å²) < 4.78 is 4.93. The largest absolute Gasteiger partial charge is 0.425 e. The summed E-state index contributed by atoms with van der Waals surface area (Å²) >= 11 is 0. The molecule has 0 radical (unpaired) electrons. The highest BCUT2D eigenvalue weighted by molar-refractivity contribution is 5.71. The maximum Gasteiger partial charge on any atom is 0.310 e. The number of hydrogen-bond acceptors (Lipinski definition) is 3. The Labute approximate surface area is 77.1 Å². The molecule has 0 aliphatic heterocycles. The minimum Gasteiger partial charge on any atom is -0.425 e. The number of nitrogens with zero attached hydrogens (tertiary/aromatic N) is 1. The van der Waals surface area contributed by atoms with Gasteiger partial charge < -0.3 is 4.74 Å². The van der Waals surface area contributed by atoms with Crippen LogP contribution in [0.3, 0.4) is 0 Å². The molecular formula is C10H11NO2. The lowest BCUT2D eigenvalue weighted by molar-refractivity contribution is -0.134. The predicted molar refractivity (Wildman–Crippen MR) is 50.3 cm³/mol. The van der Waals surface area contributed by atoms with Crippen molar-refractivity contribution in [2.75, 3.05) is 0 Å². The number of rotatable bonds is 3. The van der Waals surface area contributed by atoms with E-state index < -0.39 is 0 Å². The molecule has 3 nitrogen and oxygen atoms in total. The fraction of sp³-hybridized carbons (Fsp3) is 0.200. The average molecular weight is 177 g/mol. The van der Waals surface area contributed by atoms with Gasteiger partial charge in [0.15, 0.2) is 0 Å². The number of ether oxygens (including phenoxy) is 1. The summed E-state index contributed by atoms with van der Waals surface area (Å²) in [6.45, 7) is 5.31. The molecule has 0 bridgehead atoms. The molecule has 1 heterocycles. The third-order valence-electron chi connectivity index (χ3n) is 1.49. The predicted octanol–water partition coefficient (Wildman–Crippen LogP) is 2.04. The molecule has 13 heavy (non-hydrogen) atoms. The van der Waals surface area contributed by atoms with Crippen LogP contribution < -0.4 is 4.74 Å². The fourth-order valence-corrected chi connectivity index (χ4v) is 0.776. The van der Waals surface area contributed by atoms with Gasteiger partial charge in [0.2, 0.25) is 0 Å².